The van der Waals surface area contributed by atoms with Crippen LogP contribution in [0, 0.1) is 19.8 Å². The van der Waals surface area contributed by atoms with Crippen molar-refractivity contribution in [3.8, 4) is 0 Å². The molecule has 154 valence electrons. The predicted octanol–water partition coefficient (Wildman–Crippen LogP) is 3.30. The van der Waals surface area contributed by atoms with Gasteiger partial charge >= 0.3 is 0 Å². The van der Waals surface area contributed by atoms with Crippen molar-refractivity contribution in [2.24, 2.45) is 5.92 Å². The molecule has 0 spiro atoms. The Balaban J connectivity index is 1.53. The molecule has 1 amide bonds. The lowest BCUT2D eigenvalue weighted by Crippen LogP contribution is -2.28. The van der Waals surface area contributed by atoms with Crippen LogP contribution in [0.1, 0.15) is 42.2 Å². The molecule has 2 heterocycles. The van der Waals surface area contributed by atoms with Crippen molar-refractivity contribution < 1.29 is 4.79 Å². The Morgan fingerprint density at radius 3 is 2.66 bits per heavy atom. The van der Waals surface area contributed by atoms with Gasteiger partial charge < -0.3 is 9.88 Å². The maximum absolute atomic E-state index is 12.5. The molecule has 0 aliphatic heterocycles. The van der Waals surface area contributed by atoms with Gasteiger partial charge in [0.15, 0.2) is 0 Å². The SMILES string of the molecule is Cc1nn(CC(C)C)c(C)c1CC(=O)NCCc1nccn1Cc1ccccc1. The molecule has 0 saturated heterocycles. The molecule has 0 atom stereocenters. The molecule has 3 rings (SSSR count). The van der Waals surface area contributed by atoms with Crippen molar-refractivity contribution in [3.05, 3.63) is 71.1 Å². The van der Waals surface area contributed by atoms with Crippen molar-refractivity contribution in [2.75, 3.05) is 6.54 Å². The van der Waals surface area contributed by atoms with E-state index in [1.165, 1.54) is 5.56 Å². The molecule has 0 saturated carbocycles. The summed E-state index contributed by atoms with van der Waals surface area (Å²) in [5, 5.41) is 7.63. The van der Waals surface area contributed by atoms with Gasteiger partial charge in [0.1, 0.15) is 5.82 Å². The highest BCUT2D eigenvalue weighted by Crippen LogP contribution is 2.15. The van der Waals surface area contributed by atoms with Crippen LogP contribution in [-0.4, -0.2) is 31.8 Å². The second-order valence-electron chi connectivity index (χ2n) is 7.96. The van der Waals surface area contributed by atoms with Gasteiger partial charge in [-0.2, -0.15) is 5.10 Å². The van der Waals surface area contributed by atoms with Crippen LogP contribution in [0.2, 0.25) is 0 Å². The second kappa shape index (κ2) is 9.54. The first-order valence-electron chi connectivity index (χ1n) is 10.3. The molecule has 0 aliphatic rings. The number of imidazole rings is 1. The van der Waals surface area contributed by atoms with E-state index < -0.39 is 0 Å². The quantitative estimate of drug-likeness (QED) is 0.607. The lowest BCUT2D eigenvalue weighted by atomic mass is 10.1. The molecule has 0 bridgehead atoms. The number of carbonyl (C=O) groups is 1. The Hall–Kier alpha value is -2.89. The van der Waals surface area contributed by atoms with Crippen molar-refractivity contribution >= 4 is 5.91 Å². The second-order valence-corrected chi connectivity index (χ2v) is 7.96. The van der Waals surface area contributed by atoms with Crippen molar-refractivity contribution in [3.63, 3.8) is 0 Å². The molecule has 0 radical (unpaired) electrons. The Kier molecular flexibility index (Phi) is 6.86. The average Bonchev–Trinajstić information content (AvgIpc) is 3.22. The zero-order chi connectivity index (χ0) is 20.8. The summed E-state index contributed by atoms with van der Waals surface area (Å²) < 4.78 is 4.15. The Morgan fingerprint density at radius 1 is 1.17 bits per heavy atom. The summed E-state index contributed by atoms with van der Waals surface area (Å²) in [6.45, 7) is 10.6. The zero-order valence-corrected chi connectivity index (χ0v) is 17.9. The highest BCUT2D eigenvalue weighted by atomic mass is 16.1. The van der Waals surface area contributed by atoms with Crippen LogP contribution in [0.15, 0.2) is 42.7 Å². The summed E-state index contributed by atoms with van der Waals surface area (Å²) in [4.78, 5) is 16.9. The molecule has 29 heavy (non-hydrogen) atoms. The zero-order valence-electron chi connectivity index (χ0n) is 17.9. The van der Waals surface area contributed by atoms with E-state index in [1.807, 2.05) is 49.1 Å². The maximum Gasteiger partial charge on any atom is 0.224 e. The molecule has 0 unspecified atom stereocenters. The van der Waals surface area contributed by atoms with E-state index in [2.05, 4.69) is 45.9 Å². The summed E-state index contributed by atoms with van der Waals surface area (Å²) in [6.07, 6.45) is 4.88. The van der Waals surface area contributed by atoms with Crippen LogP contribution in [-0.2, 0) is 30.7 Å². The fourth-order valence-corrected chi connectivity index (χ4v) is 3.54. The predicted molar refractivity (Wildman–Crippen MR) is 115 cm³/mol. The molecule has 1 N–H and O–H groups in total. The molecule has 6 nitrogen and oxygen atoms in total. The number of benzene rings is 1. The Bertz CT molecular complexity index is 940. The van der Waals surface area contributed by atoms with E-state index >= 15 is 0 Å². The fraction of sp³-hybridized carbons (Fsp3) is 0.435. The lowest BCUT2D eigenvalue weighted by molar-refractivity contribution is -0.120. The molecule has 6 heteroatoms. The summed E-state index contributed by atoms with van der Waals surface area (Å²) in [5.41, 5.74) is 4.30. The number of carbonyl (C=O) groups excluding carboxylic acids is 1. The average molecular weight is 394 g/mol. The third-order valence-corrected chi connectivity index (χ3v) is 5.07. The van der Waals surface area contributed by atoms with Crippen LogP contribution in [0.4, 0.5) is 0 Å². The topological polar surface area (TPSA) is 64.7 Å². The normalized spacial score (nSPS) is 11.2. The molecule has 0 aliphatic carbocycles. The van der Waals surface area contributed by atoms with Gasteiger partial charge in [-0.3, -0.25) is 9.48 Å². The summed E-state index contributed by atoms with van der Waals surface area (Å²) in [6, 6.07) is 10.3. The van der Waals surface area contributed by atoms with E-state index in [1.54, 1.807) is 0 Å². The van der Waals surface area contributed by atoms with Crippen molar-refractivity contribution in [2.45, 2.75) is 53.6 Å². The highest BCUT2D eigenvalue weighted by molar-refractivity contribution is 5.79. The fourth-order valence-electron chi connectivity index (χ4n) is 3.54. The number of aryl methyl sites for hydroxylation is 1. The minimum atomic E-state index is 0.0291. The number of aromatic nitrogens is 4. The third kappa shape index (κ3) is 5.56. The molecule has 0 fully saturated rings. The van der Waals surface area contributed by atoms with Gasteiger partial charge in [-0.1, -0.05) is 44.2 Å². The number of hydrogen-bond acceptors (Lipinski definition) is 3. The number of amides is 1. The number of hydrogen-bond donors (Lipinski definition) is 1. The first kappa shape index (κ1) is 20.8. The van der Waals surface area contributed by atoms with Gasteiger partial charge in [0.2, 0.25) is 5.91 Å². The maximum atomic E-state index is 12.5. The molecular weight excluding hydrogens is 362 g/mol. The largest absolute Gasteiger partial charge is 0.355 e. The van der Waals surface area contributed by atoms with E-state index in [9.17, 15) is 4.79 Å². The van der Waals surface area contributed by atoms with Gasteiger partial charge in [0.25, 0.3) is 0 Å². The summed E-state index contributed by atoms with van der Waals surface area (Å²) in [7, 11) is 0. The van der Waals surface area contributed by atoms with Gasteiger partial charge in [-0.25, -0.2) is 4.98 Å². The number of nitrogens with zero attached hydrogens (tertiary/aromatic N) is 4. The Morgan fingerprint density at radius 2 is 1.93 bits per heavy atom. The van der Waals surface area contributed by atoms with Crippen LogP contribution in [0.25, 0.3) is 0 Å². The van der Waals surface area contributed by atoms with Gasteiger partial charge in [0, 0.05) is 49.7 Å². The van der Waals surface area contributed by atoms with Gasteiger partial charge in [0.05, 0.1) is 12.1 Å². The lowest BCUT2D eigenvalue weighted by Gasteiger charge is -2.10. The van der Waals surface area contributed by atoms with Crippen LogP contribution in [0.5, 0.6) is 0 Å². The highest BCUT2D eigenvalue weighted by Gasteiger charge is 2.15. The van der Waals surface area contributed by atoms with E-state index in [-0.39, 0.29) is 5.91 Å². The standard InChI is InChI=1S/C23H31N5O/c1-17(2)15-28-19(4)21(18(3)26-28)14-23(29)25-11-10-22-24-12-13-27(22)16-20-8-6-5-7-9-20/h5-9,12-13,17H,10-11,14-16H2,1-4H3,(H,25,29). The van der Waals surface area contributed by atoms with Gasteiger partial charge in [-0.05, 0) is 25.3 Å². The van der Waals surface area contributed by atoms with Crippen LogP contribution in [0.3, 0.4) is 0 Å². The molecule has 3 aromatic rings. The Labute approximate surface area is 173 Å². The van der Waals surface area contributed by atoms with Crippen LogP contribution < -0.4 is 5.32 Å². The minimum Gasteiger partial charge on any atom is -0.355 e. The molecule has 1 aromatic carbocycles. The van der Waals surface area contributed by atoms with Gasteiger partial charge in [-0.15, -0.1) is 0 Å². The summed E-state index contributed by atoms with van der Waals surface area (Å²) >= 11 is 0. The summed E-state index contributed by atoms with van der Waals surface area (Å²) in [5.74, 6) is 1.53. The van der Waals surface area contributed by atoms with E-state index in [4.69, 9.17) is 0 Å². The number of rotatable bonds is 9. The monoisotopic (exact) mass is 393 g/mol. The molecular formula is C23H31N5O. The first-order valence-corrected chi connectivity index (χ1v) is 10.3. The number of nitrogens with one attached hydrogen (secondary N) is 1. The smallest absolute Gasteiger partial charge is 0.224 e. The van der Waals surface area contributed by atoms with Crippen LogP contribution >= 0.6 is 0 Å². The minimum absolute atomic E-state index is 0.0291. The molecule has 2 aromatic heterocycles. The van der Waals surface area contributed by atoms with E-state index in [0.29, 0.717) is 25.3 Å². The first-order chi connectivity index (χ1) is 13.9. The van der Waals surface area contributed by atoms with E-state index in [0.717, 1.165) is 35.9 Å². The van der Waals surface area contributed by atoms with Crippen molar-refractivity contribution in [1.82, 2.24) is 24.6 Å². The third-order valence-electron chi connectivity index (χ3n) is 5.07. The van der Waals surface area contributed by atoms with Crippen molar-refractivity contribution in [1.29, 1.82) is 0 Å².